The zero-order valence-electron chi connectivity index (χ0n) is 12.5. The summed E-state index contributed by atoms with van der Waals surface area (Å²) in [5.41, 5.74) is -0.631. The van der Waals surface area contributed by atoms with Crippen LogP contribution < -0.4 is 0 Å². The first-order valence-corrected chi connectivity index (χ1v) is 8.18. The first kappa shape index (κ1) is 14.5. The topological polar surface area (TPSA) is 80.9 Å². The molecule has 0 aromatic carbocycles. The SMILES string of the molecule is O=C(O)C1(Cn2nnnc2CC2CCCCCC2)CCC1. The predicted molar refractivity (Wildman–Crippen MR) is 76.6 cm³/mol. The fourth-order valence-electron chi connectivity index (χ4n) is 3.65. The maximum absolute atomic E-state index is 11.5. The van der Waals surface area contributed by atoms with E-state index in [0.717, 1.165) is 31.5 Å². The van der Waals surface area contributed by atoms with Crippen molar-refractivity contribution in [2.45, 2.75) is 70.8 Å². The third-order valence-corrected chi connectivity index (χ3v) is 5.27. The molecule has 1 aromatic rings. The lowest BCUT2D eigenvalue weighted by Gasteiger charge is -2.37. The van der Waals surface area contributed by atoms with Crippen molar-refractivity contribution in [3.8, 4) is 0 Å². The summed E-state index contributed by atoms with van der Waals surface area (Å²) < 4.78 is 1.75. The molecule has 6 heteroatoms. The van der Waals surface area contributed by atoms with Gasteiger partial charge in [-0.15, -0.1) is 5.10 Å². The van der Waals surface area contributed by atoms with Crippen molar-refractivity contribution in [3.63, 3.8) is 0 Å². The summed E-state index contributed by atoms with van der Waals surface area (Å²) in [7, 11) is 0. The largest absolute Gasteiger partial charge is 0.481 e. The average Bonchev–Trinajstić information content (AvgIpc) is 2.67. The van der Waals surface area contributed by atoms with E-state index < -0.39 is 11.4 Å². The molecule has 2 fully saturated rings. The third kappa shape index (κ3) is 3.09. The molecule has 0 unspecified atom stereocenters. The lowest BCUT2D eigenvalue weighted by Crippen LogP contribution is -2.42. The van der Waals surface area contributed by atoms with Gasteiger partial charge in [0.05, 0.1) is 12.0 Å². The number of hydrogen-bond donors (Lipinski definition) is 1. The second kappa shape index (κ2) is 6.12. The van der Waals surface area contributed by atoms with Gasteiger partial charge in [0.2, 0.25) is 0 Å². The fourth-order valence-corrected chi connectivity index (χ4v) is 3.65. The fraction of sp³-hybridized carbons (Fsp3) is 0.867. The van der Waals surface area contributed by atoms with Gasteiger partial charge in [0.15, 0.2) is 5.82 Å². The number of aromatic nitrogens is 4. The first-order valence-electron chi connectivity index (χ1n) is 8.18. The molecule has 0 aliphatic heterocycles. The normalized spacial score (nSPS) is 22.5. The smallest absolute Gasteiger partial charge is 0.311 e. The summed E-state index contributed by atoms with van der Waals surface area (Å²) in [5, 5.41) is 21.4. The van der Waals surface area contributed by atoms with Gasteiger partial charge in [-0.2, -0.15) is 0 Å². The van der Waals surface area contributed by atoms with Gasteiger partial charge in [-0.25, -0.2) is 4.68 Å². The van der Waals surface area contributed by atoms with Gasteiger partial charge in [0.25, 0.3) is 0 Å². The van der Waals surface area contributed by atoms with Crippen LogP contribution in [0.5, 0.6) is 0 Å². The molecule has 2 aliphatic carbocycles. The van der Waals surface area contributed by atoms with Crippen LogP contribution in [0.25, 0.3) is 0 Å². The quantitative estimate of drug-likeness (QED) is 0.843. The van der Waals surface area contributed by atoms with Gasteiger partial charge in [0, 0.05) is 6.42 Å². The first-order chi connectivity index (χ1) is 10.2. The van der Waals surface area contributed by atoms with Crippen LogP contribution in [0.15, 0.2) is 0 Å². The Kier molecular flexibility index (Phi) is 4.22. The molecule has 21 heavy (non-hydrogen) atoms. The molecule has 116 valence electrons. The Bertz CT molecular complexity index is 488. The highest BCUT2D eigenvalue weighted by Gasteiger charge is 2.45. The molecule has 0 spiro atoms. The van der Waals surface area contributed by atoms with Gasteiger partial charge in [-0.1, -0.05) is 44.9 Å². The molecule has 0 saturated heterocycles. The monoisotopic (exact) mass is 292 g/mol. The van der Waals surface area contributed by atoms with E-state index in [1.54, 1.807) is 4.68 Å². The van der Waals surface area contributed by atoms with Crippen molar-refractivity contribution in [1.29, 1.82) is 0 Å². The van der Waals surface area contributed by atoms with Gasteiger partial charge in [0.1, 0.15) is 0 Å². The summed E-state index contributed by atoms with van der Waals surface area (Å²) in [6, 6.07) is 0. The van der Waals surface area contributed by atoms with Crippen LogP contribution in [0.4, 0.5) is 0 Å². The minimum absolute atomic E-state index is 0.428. The lowest BCUT2D eigenvalue weighted by molar-refractivity contribution is -0.156. The molecule has 2 saturated carbocycles. The Labute approximate surface area is 124 Å². The lowest BCUT2D eigenvalue weighted by atomic mass is 9.69. The molecule has 0 radical (unpaired) electrons. The molecule has 0 amide bonds. The minimum atomic E-state index is -0.704. The summed E-state index contributed by atoms with van der Waals surface area (Å²) in [5.74, 6) is 0.818. The number of nitrogens with zero attached hydrogens (tertiary/aromatic N) is 4. The maximum Gasteiger partial charge on any atom is 0.311 e. The van der Waals surface area contributed by atoms with E-state index in [0.29, 0.717) is 12.5 Å². The van der Waals surface area contributed by atoms with Crippen molar-refractivity contribution in [3.05, 3.63) is 5.82 Å². The van der Waals surface area contributed by atoms with Crippen LogP contribution in [-0.2, 0) is 17.8 Å². The highest BCUT2D eigenvalue weighted by molar-refractivity contribution is 5.75. The highest BCUT2D eigenvalue weighted by atomic mass is 16.4. The number of carbonyl (C=O) groups is 1. The maximum atomic E-state index is 11.5. The van der Waals surface area contributed by atoms with Gasteiger partial charge in [-0.05, 0) is 29.2 Å². The van der Waals surface area contributed by atoms with Crippen molar-refractivity contribution in [2.75, 3.05) is 0 Å². The number of carboxylic acids is 1. The summed E-state index contributed by atoms with van der Waals surface area (Å²) >= 11 is 0. The van der Waals surface area contributed by atoms with Gasteiger partial charge < -0.3 is 5.11 Å². The number of carboxylic acid groups (broad SMARTS) is 1. The van der Waals surface area contributed by atoms with Crippen molar-refractivity contribution < 1.29 is 9.90 Å². The molecule has 1 N–H and O–H groups in total. The van der Waals surface area contributed by atoms with E-state index in [9.17, 15) is 9.90 Å². The van der Waals surface area contributed by atoms with E-state index >= 15 is 0 Å². The zero-order valence-corrected chi connectivity index (χ0v) is 12.5. The van der Waals surface area contributed by atoms with Gasteiger partial charge >= 0.3 is 5.97 Å². The molecular weight excluding hydrogens is 268 g/mol. The molecule has 3 rings (SSSR count). The van der Waals surface area contributed by atoms with Crippen LogP contribution in [0, 0.1) is 11.3 Å². The van der Waals surface area contributed by atoms with Crippen molar-refractivity contribution >= 4 is 5.97 Å². The molecule has 1 heterocycles. The van der Waals surface area contributed by atoms with Crippen molar-refractivity contribution in [2.24, 2.45) is 11.3 Å². The number of rotatable bonds is 5. The number of aliphatic carboxylic acids is 1. The summed E-state index contributed by atoms with van der Waals surface area (Å²) in [6.07, 6.45) is 11.1. The second-order valence-electron chi connectivity index (χ2n) is 6.75. The molecule has 2 aliphatic rings. The molecule has 0 atom stereocenters. The van der Waals surface area contributed by atoms with E-state index in [1.807, 2.05) is 0 Å². The Morgan fingerprint density at radius 2 is 1.90 bits per heavy atom. The van der Waals surface area contributed by atoms with Gasteiger partial charge in [-0.3, -0.25) is 4.79 Å². The zero-order chi connectivity index (χ0) is 14.7. The van der Waals surface area contributed by atoms with Crippen LogP contribution in [0.2, 0.25) is 0 Å². The number of tetrazole rings is 1. The van der Waals surface area contributed by atoms with Crippen LogP contribution in [0.3, 0.4) is 0 Å². The standard InChI is InChI=1S/C15H24N4O2/c20-14(21)15(8-5-9-15)11-19-13(16-17-18-19)10-12-6-3-1-2-4-7-12/h12H,1-11H2,(H,20,21). The van der Waals surface area contributed by atoms with Crippen LogP contribution >= 0.6 is 0 Å². The Morgan fingerprint density at radius 1 is 1.19 bits per heavy atom. The second-order valence-corrected chi connectivity index (χ2v) is 6.75. The highest BCUT2D eigenvalue weighted by Crippen LogP contribution is 2.42. The predicted octanol–water partition coefficient (Wildman–Crippen LogP) is 2.44. The Morgan fingerprint density at radius 3 is 2.48 bits per heavy atom. The number of hydrogen-bond acceptors (Lipinski definition) is 4. The van der Waals surface area contributed by atoms with E-state index in [-0.39, 0.29) is 0 Å². The van der Waals surface area contributed by atoms with E-state index in [4.69, 9.17) is 0 Å². The molecule has 0 bridgehead atoms. The average molecular weight is 292 g/mol. The molecular formula is C15H24N4O2. The van der Waals surface area contributed by atoms with Crippen LogP contribution in [0.1, 0.15) is 63.6 Å². The minimum Gasteiger partial charge on any atom is -0.481 e. The Balaban J connectivity index is 1.67. The molecule has 6 nitrogen and oxygen atoms in total. The molecule has 1 aromatic heterocycles. The van der Waals surface area contributed by atoms with E-state index in [1.165, 1.54) is 38.5 Å². The third-order valence-electron chi connectivity index (χ3n) is 5.27. The Hall–Kier alpha value is -1.46. The van der Waals surface area contributed by atoms with Crippen molar-refractivity contribution in [1.82, 2.24) is 20.2 Å². The van der Waals surface area contributed by atoms with Crippen LogP contribution in [-0.4, -0.2) is 31.3 Å². The van der Waals surface area contributed by atoms with E-state index in [2.05, 4.69) is 15.5 Å². The summed E-state index contributed by atoms with van der Waals surface area (Å²) in [4.78, 5) is 11.5. The summed E-state index contributed by atoms with van der Waals surface area (Å²) in [6.45, 7) is 0.428.